The molecule has 2 heterocycles. The fraction of sp³-hybridized carbons (Fsp3) is 0.500. The van der Waals surface area contributed by atoms with E-state index in [0.29, 0.717) is 12.3 Å². The van der Waals surface area contributed by atoms with Gasteiger partial charge in [0.15, 0.2) is 17.5 Å². The molecule has 0 aliphatic carbocycles. The van der Waals surface area contributed by atoms with Gasteiger partial charge in [-0.05, 0) is 38.0 Å². The average molecular weight is 486 g/mol. The molecule has 1 aromatic carbocycles. The van der Waals surface area contributed by atoms with Crippen LogP contribution < -0.4 is 15.4 Å². The lowest BCUT2D eigenvalue weighted by atomic mass is 10.1. The number of aromatic nitrogens is 3. The largest absolute Gasteiger partial charge is 0.504 e. The van der Waals surface area contributed by atoms with E-state index in [2.05, 4.69) is 25.7 Å². The van der Waals surface area contributed by atoms with Crippen LogP contribution in [0.15, 0.2) is 23.2 Å². The minimum absolute atomic E-state index is 0. The van der Waals surface area contributed by atoms with Crippen molar-refractivity contribution in [3.05, 3.63) is 35.4 Å². The van der Waals surface area contributed by atoms with E-state index >= 15 is 0 Å². The summed E-state index contributed by atoms with van der Waals surface area (Å²) in [5.74, 6) is 3.22. The van der Waals surface area contributed by atoms with E-state index in [0.717, 1.165) is 49.1 Å². The molecule has 1 unspecified atom stereocenters. The maximum atomic E-state index is 9.90. The second-order valence-corrected chi connectivity index (χ2v) is 6.34. The highest BCUT2D eigenvalue weighted by Crippen LogP contribution is 2.26. The van der Waals surface area contributed by atoms with Gasteiger partial charge in [0, 0.05) is 19.0 Å². The molecule has 1 aliphatic rings. The minimum atomic E-state index is 0. The number of methoxy groups -OCH3 is 1. The second kappa shape index (κ2) is 9.77. The molecule has 2 aromatic rings. The Hall–Kier alpha value is -2.04. The zero-order valence-corrected chi connectivity index (χ0v) is 18.2. The van der Waals surface area contributed by atoms with Crippen LogP contribution in [0, 0.1) is 6.92 Å². The first kappa shape index (κ1) is 21.3. The molecule has 27 heavy (non-hydrogen) atoms. The molecular formula is C18H27IN6O2. The molecule has 0 fully saturated rings. The Morgan fingerprint density at radius 1 is 1.44 bits per heavy atom. The first-order valence-corrected chi connectivity index (χ1v) is 8.90. The third kappa shape index (κ3) is 5.47. The molecule has 9 heteroatoms. The molecule has 3 N–H and O–H groups in total. The summed E-state index contributed by atoms with van der Waals surface area (Å²) >= 11 is 0. The summed E-state index contributed by atoms with van der Waals surface area (Å²) in [7, 11) is 1.53. The van der Waals surface area contributed by atoms with E-state index in [9.17, 15) is 5.11 Å². The molecule has 1 atom stereocenters. The number of aryl methyl sites for hydroxylation is 2. The zero-order valence-electron chi connectivity index (χ0n) is 15.9. The van der Waals surface area contributed by atoms with Crippen LogP contribution >= 0.6 is 24.0 Å². The van der Waals surface area contributed by atoms with E-state index in [1.165, 1.54) is 7.11 Å². The van der Waals surface area contributed by atoms with Gasteiger partial charge >= 0.3 is 0 Å². The Kier molecular flexibility index (Phi) is 7.69. The number of nitrogens with one attached hydrogen (secondary N) is 2. The van der Waals surface area contributed by atoms with E-state index in [4.69, 9.17) is 4.74 Å². The van der Waals surface area contributed by atoms with Crippen molar-refractivity contribution in [3.8, 4) is 11.5 Å². The molecular weight excluding hydrogens is 459 g/mol. The summed E-state index contributed by atoms with van der Waals surface area (Å²) in [6.45, 7) is 5.98. The Bertz CT molecular complexity index is 792. The number of aromatic hydroxyl groups is 1. The van der Waals surface area contributed by atoms with Gasteiger partial charge in [-0.15, -0.1) is 24.0 Å². The lowest BCUT2D eigenvalue weighted by Gasteiger charge is -2.25. The standard InChI is InChI=1S/C18H26N6O2.HI/c1-4-19-18(20-10-13-5-7-16(26-3)15(25)9-13)22-14-6-8-17-21-12(2)23-24(17)11-14;/h5,7,9,14,25H,4,6,8,10-11H2,1-3H3,(H2,19,20,22);1H. The number of guanidine groups is 1. The van der Waals surface area contributed by atoms with Crippen LogP contribution in [0.25, 0.3) is 0 Å². The van der Waals surface area contributed by atoms with Gasteiger partial charge < -0.3 is 20.5 Å². The molecule has 1 aliphatic heterocycles. The van der Waals surface area contributed by atoms with Crippen molar-refractivity contribution in [2.45, 2.75) is 45.8 Å². The van der Waals surface area contributed by atoms with Crippen LogP contribution in [0.2, 0.25) is 0 Å². The number of halogens is 1. The van der Waals surface area contributed by atoms with Gasteiger partial charge in [-0.2, -0.15) is 5.10 Å². The van der Waals surface area contributed by atoms with Crippen molar-refractivity contribution in [3.63, 3.8) is 0 Å². The smallest absolute Gasteiger partial charge is 0.191 e. The molecule has 1 aromatic heterocycles. The fourth-order valence-electron chi connectivity index (χ4n) is 3.07. The predicted octanol–water partition coefficient (Wildman–Crippen LogP) is 1.99. The van der Waals surface area contributed by atoms with E-state index in [1.54, 1.807) is 12.1 Å². The molecule has 0 amide bonds. The van der Waals surface area contributed by atoms with E-state index < -0.39 is 0 Å². The quantitative estimate of drug-likeness (QED) is 0.340. The number of aliphatic imine (C=N–C) groups is 1. The average Bonchev–Trinajstić information content (AvgIpc) is 2.99. The highest BCUT2D eigenvalue weighted by atomic mass is 127. The fourth-order valence-corrected chi connectivity index (χ4v) is 3.07. The minimum Gasteiger partial charge on any atom is -0.504 e. The highest BCUT2D eigenvalue weighted by Gasteiger charge is 2.21. The van der Waals surface area contributed by atoms with Crippen molar-refractivity contribution < 1.29 is 9.84 Å². The van der Waals surface area contributed by atoms with Crippen LogP contribution in [0.1, 0.15) is 30.6 Å². The number of ether oxygens (including phenoxy) is 1. The van der Waals surface area contributed by atoms with Crippen LogP contribution in [0.5, 0.6) is 11.5 Å². The molecule has 8 nitrogen and oxygen atoms in total. The van der Waals surface area contributed by atoms with Crippen molar-refractivity contribution in [2.24, 2.45) is 4.99 Å². The van der Waals surface area contributed by atoms with E-state index in [1.807, 2.05) is 24.6 Å². The summed E-state index contributed by atoms with van der Waals surface area (Å²) in [6.07, 6.45) is 1.90. The molecule has 148 valence electrons. The zero-order chi connectivity index (χ0) is 18.5. The van der Waals surface area contributed by atoms with Crippen molar-refractivity contribution in [2.75, 3.05) is 13.7 Å². The summed E-state index contributed by atoms with van der Waals surface area (Å²) in [4.78, 5) is 9.08. The molecule has 0 saturated carbocycles. The molecule has 0 saturated heterocycles. The summed E-state index contributed by atoms with van der Waals surface area (Å²) in [5, 5.41) is 21.1. The Labute approximate surface area is 176 Å². The monoisotopic (exact) mass is 486 g/mol. The molecule has 0 radical (unpaired) electrons. The Balaban J connectivity index is 0.00000261. The van der Waals surface area contributed by atoms with Gasteiger partial charge in [-0.25, -0.2) is 14.7 Å². The Morgan fingerprint density at radius 3 is 2.96 bits per heavy atom. The lowest BCUT2D eigenvalue weighted by Crippen LogP contribution is -2.47. The first-order valence-electron chi connectivity index (χ1n) is 8.90. The van der Waals surface area contributed by atoms with Gasteiger partial charge in [0.25, 0.3) is 0 Å². The normalized spacial score (nSPS) is 16.3. The number of phenols is 1. The summed E-state index contributed by atoms with van der Waals surface area (Å²) < 4.78 is 7.04. The first-order chi connectivity index (χ1) is 12.6. The topological polar surface area (TPSA) is 96.6 Å². The molecule has 0 bridgehead atoms. The molecule has 3 rings (SSSR count). The number of hydrogen-bond donors (Lipinski definition) is 3. The number of fused-ring (bicyclic) bond motifs is 1. The maximum Gasteiger partial charge on any atom is 0.191 e. The Morgan fingerprint density at radius 2 is 2.26 bits per heavy atom. The highest BCUT2D eigenvalue weighted by molar-refractivity contribution is 14.0. The number of phenolic OH excluding ortho intramolecular Hbond substituents is 1. The van der Waals surface area contributed by atoms with Crippen LogP contribution in [0.3, 0.4) is 0 Å². The number of hydrogen-bond acceptors (Lipinski definition) is 5. The van der Waals surface area contributed by atoms with Crippen LogP contribution in [-0.2, 0) is 19.5 Å². The number of rotatable bonds is 5. The number of benzene rings is 1. The van der Waals surface area contributed by atoms with Crippen molar-refractivity contribution in [1.29, 1.82) is 0 Å². The summed E-state index contributed by atoms with van der Waals surface area (Å²) in [5.41, 5.74) is 0.915. The van der Waals surface area contributed by atoms with Gasteiger partial charge in [0.1, 0.15) is 11.6 Å². The molecule has 0 spiro atoms. The van der Waals surface area contributed by atoms with Gasteiger partial charge in [0.2, 0.25) is 0 Å². The SMILES string of the molecule is CCNC(=NCc1ccc(OC)c(O)c1)NC1CCc2nc(C)nn2C1.I. The van der Waals surface area contributed by atoms with Gasteiger partial charge in [0.05, 0.1) is 20.2 Å². The second-order valence-electron chi connectivity index (χ2n) is 6.34. The van der Waals surface area contributed by atoms with Crippen molar-refractivity contribution in [1.82, 2.24) is 25.4 Å². The third-order valence-electron chi connectivity index (χ3n) is 4.31. The van der Waals surface area contributed by atoms with E-state index in [-0.39, 0.29) is 35.8 Å². The van der Waals surface area contributed by atoms with Gasteiger partial charge in [-0.3, -0.25) is 0 Å². The van der Waals surface area contributed by atoms with Crippen molar-refractivity contribution >= 4 is 29.9 Å². The number of nitrogens with zero attached hydrogens (tertiary/aromatic N) is 4. The predicted molar refractivity (Wildman–Crippen MR) is 115 cm³/mol. The maximum absolute atomic E-state index is 9.90. The van der Waals surface area contributed by atoms with Crippen LogP contribution in [-0.4, -0.2) is 45.5 Å². The lowest BCUT2D eigenvalue weighted by molar-refractivity contribution is 0.373. The van der Waals surface area contributed by atoms with Gasteiger partial charge in [-0.1, -0.05) is 6.07 Å². The van der Waals surface area contributed by atoms with Crippen LogP contribution in [0.4, 0.5) is 0 Å². The summed E-state index contributed by atoms with van der Waals surface area (Å²) in [6, 6.07) is 5.58. The third-order valence-corrected chi connectivity index (χ3v) is 4.31.